The molecule has 5 rings (SSSR count). The minimum atomic E-state index is 0.554. The average molecular weight is 422 g/mol. The fourth-order valence-electron chi connectivity index (χ4n) is 5.44. The molecule has 2 heterocycles. The maximum Gasteiger partial charge on any atom is 0.137 e. The Kier molecular flexibility index (Phi) is 5.94. The number of amidine groups is 1. The molecule has 7 heteroatoms. The van der Waals surface area contributed by atoms with Crippen molar-refractivity contribution in [2.75, 3.05) is 43.8 Å². The molecule has 2 saturated carbocycles. The summed E-state index contributed by atoms with van der Waals surface area (Å²) in [5.74, 6) is 3.05. The molecule has 0 unspecified atom stereocenters. The van der Waals surface area contributed by atoms with Crippen molar-refractivity contribution in [1.82, 2.24) is 19.8 Å². The van der Waals surface area contributed by atoms with Crippen molar-refractivity contribution >= 4 is 28.2 Å². The van der Waals surface area contributed by atoms with Crippen LogP contribution in [0.15, 0.2) is 24.5 Å². The number of nitrogen functional groups attached to an aromatic ring is 1. The Hall–Kier alpha value is -2.41. The van der Waals surface area contributed by atoms with E-state index in [1.807, 2.05) is 18.2 Å². The van der Waals surface area contributed by atoms with E-state index in [1.165, 1.54) is 44.9 Å². The third-order valence-electron chi connectivity index (χ3n) is 7.70. The van der Waals surface area contributed by atoms with Gasteiger partial charge in [-0.1, -0.05) is 6.42 Å². The molecule has 0 bridgehead atoms. The van der Waals surface area contributed by atoms with Crippen LogP contribution in [-0.2, 0) is 0 Å². The second-order valence-electron chi connectivity index (χ2n) is 9.59. The van der Waals surface area contributed by atoms with Gasteiger partial charge in [-0.25, -0.2) is 9.97 Å². The first-order chi connectivity index (χ1) is 15.2. The van der Waals surface area contributed by atoms with Crippen LogP contribution in [-0.4, -0.2) is 64.4 Å². The van der Waals surface area contributed by atoms with Crippen LogP contribution in [0, 0.1) is 17.2 Å². The third kappa shape index (κ3) is 4.47. The molecule has 1 saturated heterocycles. The van der Waals surface area contributed by atoms with Crippen LogP contribution in [0.2, 0.25) is 0 Å². The number of benzene rings is 1. The Morgan fingerprint density at radius 1 is 1.03 bits per heavy atom. The highest BCUT2D eigenvalue weighted by molar-refractivity contribution is 5.91. The smallest absolute Gasteiger partial charge is 0.137 e. The van der Waals surface area contributed by atoms with E-state index >= 15 is 0 Å². The summed E-state index contributed by atoms with van der Waals surface area (Å²) in [7, 11) is 0. The van der Waals surface area contributed by atoms with Crippen molar-refractivity contribution in [1.29, 1.82) is 5.41 Å². The lowest BCUT2D eigenvalue weighted by atomic mass is 9.83. The van der Waals surface area contributed by atoms with E-state index in [9.17, 15) is 0 Å². The van der Waals surface area contributed by atoms with E-state index in [0.29, 0.717) is 11.8 Å². The summed E-state index contributed by atoms with van der Waals surface area (Å²) in [4.78, 5) is 13.8. The SMILES string of the molecule is N=C(C1CCC1)N1CCN(C2CCC(CNc3ncnc4ccc(N)cc34)CC2)CC1. The number of nitrogens with one attached hydrogen (secondary N) is 2. The lowest BCUT2D eigenvalue weighted by Crippen LogP contribution is -2.54. The highest BCUT2D eigenvalue weighted by atomic mass is 15.3. The van der Waals surface area contributed by atoms with Crippen LogP contribution in [0.4, 0.5) is 11.5 Å². The number of rotatable bonds is 5. The van der Waals surface area contributed by atoms with E-state index in [2.05, 4.69) is 25.1 Å². The average Bonchev–Trinajstić information content (AvgIpc) is 2.77. The second-order valence-corrected chi connectivity index (χ2v) is 9.59. The van der Waals surface area contributed by atoms with Crippen molar-refractivity contribution in [3.8, 4) is 0 Å². The van der Waals surface area contributed by atoms with Gasteiger partial charge in [-0.3, -0.25) is 10.3 Å². The van der Waals surface area contributed by atoms with Gasteiger partial charge in [0.15, 0.2) is 0 Å². The normalized spacial score (nSPS) is 25.4. The van der Waals surface area contributed by atoms with Gasteiger partial charge >= 0.3 is 0 Å². The molecule has 0 atom stereocenters. The number of nitrogens with two attached hydrogens (primary N) is 1. The number of fused-ring (bicyclic) bond motifs is 1. The Labute approximate surface area is 184 Å². The van der Waals surface area contributed by atoms with Crippen molar-refractivity contribution in [3.63, 3.8) is 0 Å². The summed E-state index contributed by atoms with van der Waals surface area (Å²) in [5, 5.41) is 13.0. The van der Waals surface area contributed by atoms with E-state index in [4.69, 9.17) is 11.1 Å². The van der Waals surface area contributed by atoms with Gasteiger partial charge in [0.05, 0.1) is 11.4 Å². The maximum absolute atomic E-state index is 8.44. The lowest BCUT2D eigenvalue weighted by molar-refractivity contribution is 0.0932. The Morgan fingerprint density at radius 3 is 2.52 bits per heavy atom. The summed E-state index contributed by atoms with van der Waals surface area (Å²) >= 11 is 0. The van der Waals surface area contributed by atoms with Gasteiger partial charge in [0.25, 0.3) is 0 Å². The summed E-state index contributed by atoms with van der Waals surface area (Å²) in [6.45, 7) is 5.29. The van der Waals surface area contributed by atoms with E-state index in [0.717, 1.165) is 67.0 Å². The maximum atomic E-state index is 8.44. The van der Waals surface area contributed by atoms with E-state index < -0.39 is 0 Å². The standard InChI is InChI=1S/C24H35N7/c25-19-6-9-22-21(14-19)24(29-16-28-22)27-15-17-4-7-20(8-5-17)30-10-12-31(13-11-30)23(26)18-2-1-3-18/h6,9,14,16-18,20,26H,1-5,7-8,10-13,15,25H2,(H,27,28,29). The highest BCUT2D eigenvalue weighted by Gasteiger charge is 2.31. The summed E-state index contributed by atoms with van der Waals surface area (Å²) in [6.07, 6.45) is 10.5. The molecule has 0 amide bonds. The zero-order valence-corrected chi connectivity index (χ0v) is 18.4. The van der Waals surface area contributed by atoms with Crippen LogP contribution < -0.4 is 11.1 Å². The van der Waals surface area contributed by atoms with Gasteiger partial charge in [-0.05, 0) is 62.6 Å². The van der Waals surface area contributed by atoms with Crippen LogP contribution in [0.1, 0.15) is 44.9 Å². The van der Waals surface area contributed by atoms with Crippen molar-refractivity contribution in [2.24, 2.45) is 11.8 Å². The topological polar surface area (TPSA) is 94.2 Å². The minimum absolute atomic E-state index is 0.554. The molecule has 3 fully saturated rings. The third-order valence-corrected chi connectivity index (χ3v) is 7.70. The molecule has 3 aliphatic rings. The van der Waals surface area contributed by atoms with Crippen LogP contribution in [0.25, 0.3) is 10.9 Å². The molecule has 31 heavy (non-hydrogen) atoms. The zero-order chi connectivity index (χ0) is 21.2. The molecule has 2 aliphatic carbocycles. The predicted molar refractivity (Wildman–Crippen MR) is 126 cm³/mol. The monoisotopic (exact) mass is 421 g/mol. The number of anilines is 2. The van der Waals surface area contributed by atoms with Gasteiger partial charge in [-0.15, -0.1) is 0 Å². The van der Waals surface area contributed by atoms with Gasteiger partial charge in [0.1, 0.15) is 12.1 Å². The minimum Gasteiger partial charge on any atom is -0.399 e. The summed E-state index contributed by atoms with van der Waals surface area (Å²) < 4.78 is 0. The van der Waals surface area contributed by atoms with Gasteiger partial charge in [0.2, 0.25) is 0 Å². The molecule has 7 nitrogen and oxygen atoms in total. The molecule has 0 radical (unpaired) electrons. The Bertz CT molecular complexity index is 909. The molecule has 2 aromatic rings. The Morgan fingerprint density at radius 2 is 1.81 bits per heavy atom. The summed E-state index contributed by atoms with van der Waals surface area (Å²) in [6, 6.07) is 6.52. The predicted octanol–water partition coefficient (Wildman–Crippen LogP) is 3.58. The number of hydrogen-bond acceptors (Lipinski definition) is 6. The first-order valence-corrected chi connectivity index (χ1v) is 12.0. The first kappa shape index (κ1) is 20.5. The number of aromatic nitrogens is 2. The van der Waals surface area contributed by atoms with E-state index in [1.54, 1.807) is 6.33 Å². The quantitative estimate of drug-likeness (QED) is 0.388. The molecular formula is C24H35N7. The van der Waals surface area contributed by atoms with Crippen molar-refractivity contribution in [2.45, 2.75) is 51.0 Å². The molecule has 4 N–H and O–H groups in total. The van der Waals surface area contributed by atoms with Crippen molar-refractivity contribution < 1.29 is 0 Å². The molecule has 0 spiro atoms. The molecular weight excluding hydrogens is 386 g/mol. The van der Waals surface area contributed by atoms with E-state index in [-0.39, 0.29) is 0 Å². The van der Waals surface area contributed by atoms with Gasteiger partial charge in [-0.2, -0.15) is 0 Å². The van der Waals surface area contributed by atoms with Crippen molar-refractivity contribution in [3.05, 3.63) is 24.5 Å². The lowest BCUT2D eigenvalue weighted by Gasteiger charge is -2.44. The zero-order valence-electron chi connectivity index (χ0n) is 18.4. The number of piperazine rings is 1. The second kappa shape index (κ2) is 8.99. The summed E-state index contributed by atoms with van der Waals surface area (Å²) in [5.41, 5.74) is 7.64. The first-order valence-electron chi connectivity index (χ1n) is 12.0. The fraction of sp³-hybridized carbons (Fsp3) is 0.625. The molecule has 1 aromatic heterocycles. The van der Waals surface area contributed by atoms with Gasteiger partial charge < -0.3 is 16.0 Å². The molecule has 1 aliphatic heterocycles. The Balaban J connectivity index is 1.08. The van der Waals surface area contributed by atoms with Gasteiger partial charge in [0, 0.05) is 55.8 Å². The number of nitrogens with zero attached hydrogens (tertiary/aromatic N) is 4. The fourth-order valence-corrected chi connectivity index (χ4v) is 5.44. The largest absolute Gasteiger partial charge is 0.399 e. The molecule has 1 aromatic carbocycles. The highest BCUT2D eigenvalue weighted by Crippen LogP contribution is 2.31. The number of hydrogen-bond donors (Lipinski definition) is 3. The van der Waals surface area contributed by atoms with Crippen LogP contribution in [0.5, 0.6) is 0 Å². The van der Waals surface area contributed by atoms with Crippen LogP contribution >= 0.6 is 0 Å². The van der Waals surface area contributed by atoms with Crippen LogP contribution in [0.3, 0.4) is 0 Å². The molecule has 166 valence electrons.